The van der Waals surface area contributed by atoms with Gasteiger partial charge in [0.1, 0.15) is 23.0 Å². The molecular weight excluding hydrogens is 598 g/mol. The Morgan fingerprint density at radius 3 is 2.11 bits per heavy atom. The standard InChI is InChI=1S/C32H28F2N4O3S.C2H6O/c1-36-32(40)29-25-15-23(27(38(2)42-3)16-28(25)41-30(29)19-6-11-22(34)12-7-19)20-8-13-26(35)24(14-20)31(39)37-17-18-4-9-21(33)10-5-18;1-3-2/h4-16H,17,35H2,1-3H3,(H,36,40)(H,37,39);1-2H3. The number of carbonyl (C=O) groups excluding carboxylic acids is 2. The molecule has 0 unspecified atom stereocenters. The molecule has 0 saturated carbocycles. The Balaban J connectivity index is 0.00000148. The molecule has 1 heterocycles. The first-order valence-corrected chi connectivity index (χ1v) is 15.0. The summed E-state index contributed by atoms with van der Waals surface area (Å²) in [7, 11) is 6.68. The molecule has 2 amide bonds. The molecule has 4 aromatic carbocycles. The summed E-state index contributed by atoms with van der Waals surface area (Å²) in [4.78, 5) is 26.3. The molecule has 11 heteroatoms. The number of fused-ring (bicyclic) bond motifs is 1. The quantitative estimate of drug-likeness (QED) is 0.126. The van der Waals surface area contributed by atoms with Crippen molar-refractivity contribution in [1.82, 2.24) is 10.6 Å². The molecule has 0 saturated heterocycles. The van der Waals surface area contributed by atoms with Crippen molar-refractivity contribution in [2.75, 3.05) is 44.6 Å². The van der Waals surface area contributed by atoms with E-state index < -0.39 is 5.82 Å². The Morgan fingerprint density at radius 1 is 0.911 bits per heavy atom. The number of nitrogens with one attached hydrogen (secondary N) is 2. The summed E-state index contributed by atoms with van der Waals surface area (Å²) in [5.41, 5.74) is 11.1. The molecular formula is C34H34F2N4O4S. The zero-order valence-corrected chi connectivity index (χ0v) is 26.4. The number of benzene rings is 4. The summed E-state index contributed by atoms with van der Waals surface area (Å²) in [6.07, 6.45) is 1.92. The van der Waals surface area contributed by atoms with Gasteiger partial charge in [0.25, 0.3) is 11.8 Å². The molecule has 234 valence electrons. The van der Waals surface area contributed by atoms with Gasteiger partial charge in [-0.25, -0.2) is 8.78 Å². The maximum atomic E-state index is 13.7. The van der Waals surface area contributed by atoms with E-state index in [2.05, 4.69) is 15.4 Å². The van der Waals surface area contributed by atoms with E-state index in [1.165, 1.54) is 43.3 Å². The molecule has 8 nitrogen and oxygen atoms in total. The third-order valence-corrected chi connectivity index (χ3v) is 7.70. The van der Waals surface area contributed by atoms with Crippen LogP contribution in [0.25, 0.3) is 33.4 Å². The van der Waals surface area contributed by atoms with Crippen LogP contribution < -0.4 is 20.7 Å². The van der Waals surface area contributed by atoms with Gasteiger partial charge in [-0.2, -0.15) is 0 Å². The minimum Gasteiger partial charge on any atom is -0.455 e. The van der Waals surface area contributed by atoms with Crippen LogP contribution in [0, 0.1) is 11.6 Å². The fraction of sp³-hybridized carbons (Fsp3) is 0.176. The summed E-state index contributed by atoms with van der Waals surface area (Å²) in [5, 5.41) is 6.07. The molecule has 5 rings (SSSR count). The third kappa shape index (κ3) is 7.44. The lowest BCUT2D eigenvalue weighted by Gasteiger charge is -2.20. The summed E-state index contributed by atoms with van der Waals surface area (Å²) in [5.74, 6) is -1.18. The lowest BCUT2D eigenvalue weighted by atomic mass is 9.96. The average Bonchev–Trinajstić information content (AvgIpc) is 3.42. The number of amides is 2. The van der Waals surface area contributed by atoms with Crippen LogP contribution in [0.3, 0.4) is 0 Å². The topological polar surface area (TPSA) is 110 Å². The number of hydrogen-bond donors (Lipinski definition) is 3. The van der Waals surface area contributed by atoms with Gasteiger partial charge in [-0.3, -0.25) is 9.59 Å². The Labute approximate surface area is 264 Å². The first-order chi connectivity index (χ1) is 21.6. The molecule has 5 aromatic rings. The summed E-state index contributed by atoms with van der Waals surface area (Å²) >= 11 is 1.48. The van der Waals surface area contributed by atoms with Gasteiger partial charge in [-0.05, 0) is 65.7 Å². The number of hydrogen-bond acceptors (Lipinski definition) is 7. The maximum absolute atomic E-state index is 13.7. The van der Waals surface area contributed by atoms with Crippen LogP contribution in [0.1, 0.15) is 26.3 Å². The zero-order valence-electron chi connectivity index (χ0n) is 25.5. The first-order valence-electron chi connectivity index (χ1n) is 13.8. The fourth-order valence-corrected chi connectivity index (χ4v) is 5.03. The highest BCUT2D eigenvalue weighted by Crippen LogP contribution is 2.42. The monoisotopic (exact) mass is 632 g/mol. The van der Waals surface area contributed by atoms with Crippen molar-refractivity contribution in [3.05, 3.63) is 107 Å². The van der Waals surface area contributed by atoms with Gasteiger partial charge in [0.2, 0.25) is 0 Å². The van der Waals surface area contributed by atoms with Crippen LogP contribution in [0.2, 0.25) is 0 Å². The predicted octanol–water partition coefficient (Wildman–Crippen LogP) is 6.89. The summed E-state index contributed by atoms with van der Waals surface area (Å²) < 4.78 is 39.3. The Morgan fingerprint density at radius 2 is 1.51 bits per heavy atom. The number of nitrogens with two attached hydrogens (primary N) is 1. The summed E-state index contributed by atoms with van der Waals surface area (Å²) in [6.45, 7) is 0.200. The number of halogens is 2. The molecule has 0 atom stereocenters. The second-order valence-electron chi connectivity index (χ2n) is 9.96. The van der Waals surface area contributed by atoms with E-state index in [4.69, 9.17) is 10.2 Å². The van der Waals surface area contributed by atoms with Gasteiger partial charge in [0, 0.05) is 69.4 Å². The van der Waals surface area contributed by atoms with Gasteiger partial charge in [0.15, 0.2) is 0 Å². The summed E-state index contributed by atoms with van der Waals surface area (Å²) in [6, 6.07) is 20.5. The minimum absolute atomic E-state index is 0.200. The fourth-order valence-electron chi connectivity index (χ4n) is 4.68. The zero-order chi connectivity index (χ0) is 32.7. The second-order valence-corrected chi connectivity index (χ2v) is 10.9. The number of nitrogen functional groups attached to an aromatic ring is 1. The minimum atomic E-state index is -0.400. The average molecular weight is 633 g/mol. The number of methoxy groups -OCH3 is 1. The number of anilines is 2. The van der Waals surface area contributed by atoms with Gasteiger partial charge in [0.05, 0.1) is 16.8 Å². The molecule has 0 bridgehead atoms. The van der Waals surface area contributed by atoms with Crippen LogP contribution in [0.5, 0.6) is 0 Å². The van der Waals surface area contributed by atoms with Crippen LogP contribution in [0.4, 0.5) is 20.2 Å². The number of carbonyl (C=O) groups is 2. The van der Waals surface area contributed by atoms with Gasteiger partial charge >= 0.3 is 0 Å². The molecule has 1 aromatic heterocycles. The van der Waals surface area contributed by atoms with Crippen molar-refractivity contribution in [2.24, 2.45) is 0 Å². The molecule has 0 fully saturated rings. The highest BCUT2D eigenvalue weighted by molar-refractivity contribution is 7.99. The number of furan rings is 1. The normalized spacial score (nSPS) is 10.6. The smallest absolute Gasteiger partial charge is 0.255 e. The lowest BCUT2D eigenvalue weighted by Crippen LogP contribution is -2.23. The van der Waals surface area contributed by atoms with E-state index in [9.17, 15) is 18.4 Å². The number of rotatable bonds is 8. The van der Waals surface area contributed by atoms with Gasteiger partial charge in [-0.15, -0.1) is 0 Å². The van der Waals surface area contributed by atoms with Crippen molar-refractivity contribution >= 4 is 46.1 Å². The van der Waals surface area contributed by atoms with Crippen molar-refractivity contribution < 1.29 is 27.5 Å². The SMILES string of the molecule is CNC(=O)c1c(-c2ccc(F)cc2)oc2cc(N(C)SC)c(-c3ccc(N)c(C(=O)NCc4ccc(F)cc4)c3)cc12.COC. The Hall–Kier alpha value is -4.87. The molecule has 0 radical (unpaired) electrons. The Kier molecular flexibility index (Phi) is 10.8. The van der Waals surface area contributed by atoms with Crippen molar-refractivity contribution in [2.45, 2.75) is 6.54 Å². The number of nitrogens with zero attached hydrogens (tertiary/aromatic N) is 1. The van der Waals surface area contributed by atoms with E-state index >= 15 is 0 Å². The molecule has 0 spiro atoms. The van der Waals surface area contributed by atoms with E-state index in [-0.39, 0.29) is 29.7 Å². The van der Waals surface area contributed by atoms with Crippen LogP contribution in [0.15, 0.2) is 83.3 Å². The highest BCUT2D eigenvalue weighted by Gasteiger charge is 2.25. The molecule has 0 aliphatic rings. The second kappa shape index (κ2) is 14.7. The van der Waals surface area contributed by atoms with E-state index in [0.29, 0.717) is 39.1 Å². The predicted molar refractivity (Wildman–Crippen MR) is 177 cm³/mol. The van der Waals surface area contributed by atoms with Crippen molar-refractivity contribution in [3.63, 3.8) is 0 Å². The van der Waals surface area contributed by atoms with E-state index in [1.807, 2.05) is 35.8 Å². The largest absolute Gasteiger partial charge is 0.455 e. The molecule has 0 aliphatic carbocycles. The van der Waals surface area contributed by atoms with Gasteiger partial charge in [-0.1, -0.05) is 30.1 Å². The third-order valence-electron chi connectivity index (χ3n) is 6.96. The van der Waals surface area contributed by atoms with Crippen LogP contribution >= 0.6 is 11.9 Å². The van der Waals surface area contributed by atoms with Crippen molar-refractivity contribution in [3.8, 4) is 22.5 Å². The molecule has 45 heavy (non-hydrogen) atoms. The van der Waals surface area contributed by atoms with Gasteiger partial charge < -0.3 is 29.8 Å². The van der Waals surface area contributed by atoms with E-state index in [1.54, 1.807) is 50.6 Å². The van der Waals surface area contributed by atoms with Crippen molar-refractivity contribution in [1.29, 1.82) is 0 Å². The molecule has 0 aliphatic heterocycles. The highest BCUT2D eigenvalue weighted by atomic mass is 32.2. The van der Waals surface area contributed by atoms with E-state index in [0.717, 1.165) is 16.8 Å². The van der Waals surface area contributed by atoms with Crippen LogP contribution in [-0.4, -0.2) is 46.4 Å². The lowest BCUT2D eigenvalue weighted by molar-refractivity contribution is 0.0948. The first kappa shape index (κ1) is 33.0. The maximum Gasteiger partial charge on any atom is 0.255 e. The van der Waals surface area contributed by atoms with Crippen LogP contribution in [-0.2, 0) is 11.3 Å². The number of ether oxygens (including phenoxy) is 1. The Bertz CT molecular complexity index is 1810. The molecule has 4 N–H and O–H groups in total.